The number of ether oxygens (including phenoxy) is 3. The third kappa shape index (κ3) is 11.7. The number of aliphatic hydroxyl groups is 1. The van der Waals surface area contributed by atoms with Crippen molar-refractivity contribution >= 4 is 25.1 Å². The van der Waals surface area contributed by atoms with Gasteiger partial charge in [0.05, 0.1) is 0 Å². The molecule has 0 amide bonds. The molecule has 4 atom stereocenters. The summed E-state index contributed by atoms with van der Waals surface area (Å²) in [5, 5.41) is 19.1. The Hall–Kier alpha value is -0.951. The van der Waals surface area contributed by atoms with E-state index in [9.17, 15) is 5.11 Å². The summed E-state index contributed by atoms with van der Waals surface area (Å²) in [5.74, 6) is -0.748. The molecule has 0 spiro atoms. The van der Waals surface area contributed by atoms with E-state index in [1.54, 1.807) is 7.11 Å². The molecule has 0 aliphatic carbocycles. The first-order chi connectivity index (χ1) is 19.4. The minimum atomic E-state index is -0.748. The van der Waals surface area contributed by atoms with Crippen LogP contribution in [0.25, 0.3) is 0 Å². The number of aliphatic hydroxyl groups excluding tert-OH is 1. The molecule has 0 radical (unpaired) electrons. The van der Waals surface area contributed by atoms with Crippen molar-refractivity contribution in [3.05, 3.63) is 30.3 Å². The second-order valence-electron chi connectivity index (χ2n) is 12.0. The van der Waals surface area contributed by atoms with Crippen LogP contribution in [0.2, 0.25) is 4.82 Å². The van der Waals surface area contributed by atoms with E-state index in [1.807, 2.05) is 13.8 Å². The first kappa shape index (κ1) is 33.6. The van der Waals surface area contributed by atoms with Gasteiger partial charge in [-0.2, -0.15) is 0 Å². The summed E-state index contributed by atoms with van der Waals surface area (Å²) in [6.45, 7) is 8.11. The molecule has 3 rings (SSSR count). The molecule has 2 fully saturated rings. The average molecular weight is 624 g/mol. The van der Waals surface area contributed by atoms with Crippen molar-refractivity contribution < 1.29 is 19.3 Å². The Kier molecular flexibility index (Phi) is 15.6. The van der Waals surface area contributed by atoms with Gasteiger partial charge in [-0.1, -0.05) is 13.3 Å². The normalized spacial score (nSPS) is 23.5. The van der Waals surface area contributed by atoms with Gasteiger partial charge in [0, 0.05) is 0 Å². The van der Waals surface area contributed by atoms with Gasteiger partial charge in [-0.15, -0.1) is 0 Å². The standard InChI is InChI=1S/C33H56N2O4Se/c1-5-6-7-8-9-10-11-12-13-14-18-23-30(40-28-21-16-15-17-22-28)31(36)32-29(26-38-33(2,3)39-32)34-35-24-19-20-27(35)25-37-4/h15-17,21-22,27,30-32,36H,5-14,18-20,23-26H2,1-4H3/b34-29+/t27-,30?,31+,32+/m0/s1. The van der Waals surface area contributed by atoms with Gasteiger partial charge in [0.15, 0.2) is 0 Å². The molecule has 0 saturated carbocycles. The molecule has 0 bridgehead atoms. The molecule has 2 aliphatic rings. The minimum absolute atomic E-state index is 0.141. The zero-order valence-corrected chi connectivity index (χ0v) is 27.4. The molecule has 2 aliphatic heterocycles. The molecule has 40 heavy (non-hydrogen) atoms. The molecular formula is C33H56N2O4Se. The van der Waals surface area contributed by atoms with Crippen LogP contribution >= 0.6 is 0 Å². The van der Waals surface area contributed by atoms with Crippen LogP contribution in [0.15, 0.2) is 35.4 Å². The van der Waals surface area contributed by atoms with Gasteiger partial charge in [-0.25, -0.2) is 0 Å². The van der Waals surface area contributed by atoms with E-state index in [-0.39, 0.29) is 25.8 Å². The summed E-state index contributed by atoms with van der Waals surface area (Å²) >= 11 is 0.141. The molecule has 2 heterocycles. The monoisotopic (exact) mass is 624 g/mol. The van der Waals surface area contributed by atoms with Crippen molar-refractivity contribution in [3.8, 4) is 0 Å². The van der Waals surface area contributed by atoms with Gasteiger partial charge >= 0.3 is 238 Å². The maximum atomic E-state index is 11.9. The fourth-order valence-corrected chi connectivity index (χ4v) is 8.33. The third-order valence-corrected chi connectivity index (χ3v) is 10.9. The zero-order chi connectivity index (χ0) is 28.6. The molecule has 1 aromatic carbocycles. The van der Waals surface area contributed by atoms with Crippen LogP contribution in [-0.4, -0.2) is 81.7 Å². The van der Waals surface area contributed by atoms with Crippen LogP contribution in [0.4, 0.5) is 0 Å². The number of nitrogens with zero attached hydrogens (tertiary/aromatic N) is 2. The van der Waals surface area contributed by atoms with E-state index in [1.165, 1.54) is 68.7 Å². The van der Waals surface area contributed by atoms with E-state index >= 15 is 0 Å². The molecule has 0 aromatic heterocycles. The number of benzene rings is 1. The van der Waals surface area contributed by atoms with Crippen molar-refractivity contribution in [2.75, 3.05) is 26.9 Å². The number of hydrogen-bond donors (Lipinski definition) is 1. The van der Waals surface area contributed by atoms with Crippen molar-refractivity contribution in [2.24, 2.45) is 5.10 Å². The van der Waals surface area contributed by atoms with Gasteiger partial charge in [0.2, 0.25) is 0 Å². The first-order valence-electron chi connectivity index (χ1n) is 16.0. The van der Waals surface area contributed by atoms with Gasteiger partial charge in [-0.3, -0.25) is 0 Å². The second-order valence-corrected chi connectivity index (χ2v) is 14.8. The Balaban J connectivity index is 1.60. The molecule has 1 unspecified atom stereocenters. The fourth-order valence-electron chi connectivity index (χ4n) is 5.75. The van der Waals surface area contributed by atoms with Crippen LogP contribution in [0.5, 0.6) is 0 Å². The molecule has 6 nitrogen and oxygen atoms in total. The van der Waals surface area contributed by atoms with Crippen LogP contribution < -0.4 is 4.46 Å². The Morgan fingerprint density at radius 1 is 1.02 bits per heavy atom. The van der Waals surface area contributed by atoms with Gasteiger partial charge in [0.25, 0.3) is 0 Å². The van der Waals surface area contributed by atoms with Crippen LogP contribution in [0, 0.1) is 0 Å². The second kappa shape index (κ2) is 18.6. The van der Waals surface area contributed by atoms with Crippen molar-refractivity contribution in [3.63, 3.8) is 0 Å². The summed E-state index contributed by atoms with van der Waals surface area (Å²) in [4.78, 5) is 0.158. The van der Waals surface area contributed by atoms with E-state index in [0.717, 1.165) is 37.9 Å². The molecule has 228 valence electrons. The Bertz CT molecular complexity index is 837. The Morgan fingerprint density at radius 2 is 1.68 bits per heavy atom. The Labute approximate surface area is 250 Å². The summed E-state index contributed by atoms with van der Waals surface area (Å²) in [5.41, 5.74) is 0.808. The van der Waals surface area contributed by atoms with E-state index < -0.39 is 18.0 Å². The molecule has 1 N–H and O–H groups in total. The average Bonchev–Trinajstić information content (AvgIpc) is 3.38. The van der Waals surface area contributed by atoms with Gasteiger partial charge < -0.3 is 0 Å². The quantitative estimate of drug-likeness (QED) is 0.141. The van der Waals surface area contributed by atoms with Crippen LogP contribution in [0.1, 0.15) is 111 Å². The summed E-state index contributed by atoms with van der Waals surface area (Å²) in [6.07, 6.45) is 16.7. The number of unbranched alkanes of at least 4 members (excludes halogenated alkanes) is 10. The molecular weight excluding hydrogens is 567 g/mol. The van der Waals surface area contributed by atoms with Crippen molar-refractivity contribution in [2.45, 2.75) is 140 Å². The SMILES string of the molecule is CCCCCCCCCCCCCC([Se]c1ccccc1)[C@@H](O)[C@@H]1OC(C)(C)OC/C1=N\N1CCC[C@H]1COC. The summed E-state index contributed by atoms with van der Waals surface area (Å²) < 4.78 is 19.2. The summed E-state index contributed by atoms with van der Waals surface area (Å²) in [7, 11) is 1.75. The predicted molar refractivity (Wildman–Crippen MR) is 167 cm³/mol. The number of hydrazone groups is 1. The van der Waals surface area contributed by atoms with Crippen LogP contribution in [0.3, 0.4) is 0 Å². The molecule has 2 saturated heterocycles. The Morgan fingerprint density at radius 3 is 2.33 bits per heavy atom. The maximum absolute atomic E-state index is 11.9. The van der Waals surface area contributed by atoms with Gasteiger partial charge in [0.1, 0.15) is 0 Å². The first-order valence-corrected chi connectivity index (χ1v) is 17.8. The fraction of sp³-hybridized carbons (Fsp3) is 0.788. The van der Waals surface area contributed by atoms with Crippen molar-refractivity contribution in [1.82, 2.24) is 5.01 Å². The zero-order valence-electron chi connectivity index (χ0n) is 25.7. The van der Waals surface area contributed by atoms with Crippen LogP contribution in [-0.2, 0) is 14.2 Å². The number of methoxy groups -OCH3 is 1. The van der Waals surface area contributed by atoms with E-state index in [0.29, 0.717) is 13.2 Å². The predicted octanol–water partition coefficient (Wildman–Crippen LogP) is 6.48. The third-order valence-electron chi connectivity index (χ3n) is 8.08. The van der Waals surface area contributed by atoms with E-state index in [4.69, 9.17) is 19.3 Å². The van der Waals surface area contributed by atoms with Crippen molar-refractivity contribution in [1.29, 1.82) is 0 Å². The molecule has 1 aromatic rings. The topological polar surface area (TPSA) is 63.5 Å². The summed E-state index contributed by atoms with van der Waals surface area (Å²) in [6, 6.07) is 10.9. The molecule has 7 heteroatoms. The number of hydrogen-bond acceptors (Lipinski definition) is 6. The van der Waals surface area contributed by atoms with E-state index in [2.05, 4.69) is 42.3 Å². The number of rotatable bonds is 19. The van der Waals surface area contributed by atoms with Gasteiger partial charge in [-0.05, 0) is 0 Å².